The molecule has 0 spiro atoms. The van der Waals surface area contributed by atoms with Crippen LogP contribution in [0.25, 0.3) is 5.57 Å². The van der Waals surface area contributed by atoms with E-state index < -0.39 is 86.5 Å². The molecular formula is C35H35F6N5O4S. The first-order chi connectivity index (χ1) is 23.9. The maximum Gasteiger partial charge on any atom is 0.293 e. The second-order valence-corrected chi connectivity index (χ2v) is 14.6. The molecule has 1 fully saturated rings. The first kappa shape index (κ1) is 37.5. The Labute approximate surface area is 290 Å². The standard InChI is InChI=1S/C35H35F6N5O4S/c1-5-21(9-8-19(4)51(49,50)45-28(47)11-18(2)3)24-7-6-10-42-31(24)27(14-20-12-22(36)15-23(37)13-20)43-29(48)17-46-33-30(32(44-46)34(38)39)25-16-26(25)35(33,40)41/h5-10,12-13,15,18,25-27,34H,4,11,14,16-17H2,1-3H3,(H,43,48)(H,45,47)/b9-8-,21-5+/t25?,26?,27-/m0/s1. The summed E-state index contributed by atoms with van der Waals surface area (Å²) in [5.74, 6) is -8.90. The number of fused-ring (bicyclic) bond motifs is 3. The Morgan fingerprint density at radius 1 is 1.10 bits per heavy atom. The molecule has 3 aromatic rings. The second-order valence-electron chi connectivity index (χ2n) is 12.9. The van der Waals surface area contributed by atoms with Crippen LogP contribution in [0.15, 0.2) is 66.2 Å². The number of pyridine rings is 1. The Hall–Kier alpha value is -4.73. The fourth-order valence-electron chi connectivity index (χ4n) is 6.31. The summed E-state index contributed by atoms with van der Waals surface area (Å²) in [6.07, 6.45) is 2.10. The molecule has 2 aromatic heterocycles. The van der Waals surface area contributed by atoms with Gasteiger partial charge in [0.2, 0.25) is 11.8 Å². The molecule has 3 atom stereocenters. The number of rotatable bonds is 14. The zero-order valence-corrected chi connectivity index (χ0v) is 28.6. The summed E-state index contributed by atoms with van der Waals surface area (Å²) >= 11 is 0. The van der Waals surface area contributed by atoms with Gasteiger partial charge in [-0.25, -0.2) is 30.7 Å². The molecule has 2 N–H and O–H groups in total. The molecule has 2 amide bonds. The van der Waals surface area contributed by atoms with Crippen LogP contribution in [0.5, 0.6) is 0 Å². The number of carbonyl (C=O) groups is 2. The number of hydrogen-bond donors (Lipinski definition) is 2. The smallest absolute Gasteiger partial charge is 0.293 e. The maximum atomic E-state index is 15.2. The largest absolute Gasteiger partial charge is 0.346 e. The molecule has 1 saturated carbocycles. The molecule has 51 heavy (non-hydrogen) atoms. The SMILES string of the molecule is C=C(/C=C\C(=C/C)c1cccnc1[C@H](Cc1cc(F)cc(F)c1)NC(=O)Cn1nc(C(F)F)c2c1C(F)(F)C1CC21)S(=O)(=O)NC(=O)CC(C)C. The third kappa shape index (κ3) is 8.10. The average molecular weight is 736 g/mol. The van der Waals surface area contributed by atoms with E-state index in [2.05, 4.69) is 22.0 Å². The third-order valence-electron chi connectivity index (χ3n) is 8.58. The minimum absolute atomic E-state index is 0.0303. The van der Waals surface area contributed by atoms with Crippen molar-refractivity contribution >= 4 is 27.4 Å². The number of nitrogens with one attached hydrogen (secondary N) is 2. The molecule has 2 unspecified atom stereocenters. The van der Waals surface area contributed by atoms with E-state index in [-0.39, 0.29) is 42.0 Å². The minimum Gasteiger partial charge on any atom is -0.346 e. The van der Waals surface area contributed by atoms with Crippen molar-refractivity contribution < 1.29 is 44.3 Å². The van der Waals surface area contributed by atoms with Crippen LogP contribution < -0.4 is 10.0 Å². The lowest BCUT2D eigenvalue weighted by atomic mass is 9.95. The van der Waals surface area contributed by atoms with Crippen molar-refractivity contribution in [3.05, 3.63) is 112 Å². The Morgan fingerprint density at radius 3 is 2.41 bits per heavy atom. The summed E-state index contributed by atoms with van der Waals surface area (Å²) in [6, 6.07) is 4.67. The van der Waals surface area contributed by atoms with Gasteiger partial charge in [0.25, 0.3) is 22.4 Å². The van der Waals surface area contributed by atoms with Crippen molar-refractivity contribution in [2.24, 2.45) is 11.8 Å². The van der Waals surface area contributed by atoms with Crippen molar-refractivity contribution in [1.29, 1.82) is 0 Å². The number of carbonyl (C=O) groups excluding carboxylic acids is 2. The fourth-order valence-corrected chi connectivity index (χ4v) is 7.08. The maximum absolute atomic E-state index is 15.2. The molecule has 5 rings (SSSR count). The zero-order valence-electron chi connectivity index (χ0n) is 27.8. The van der Waals surface area contributed by atoms with Crippen LogP contribution in [0.1, 0.15) is 85.8 Å². The summed E-state index contributed by atoms with van der Waals surface area (Å²) < 4.78 is 114. The quantitative estimate of drug-likeness (QED) is 0.139. The number of halogens is 6. The van der Waals surface area contributed by atoms with E-state index in [1.807, 2.05) is 4.72 Å². The van der Waals surface area contributed by atoms with Gasteiger partial charge in [-0.05, 0) is 67.0 Å². The van der Waals surface area contributed by atoms with E-state index in [9.17, 15) is 35.6 Å². The lowest BCUT2D eigenvalue weighted by Gasteiger charge is -2.22. The Morgan fingerprint density at radius 2 is 1.78 bits per heavy atom. The zero-order chi connectivity index (χ0) is 37.4. The Balaban J connectivity index is 1.46. The summed E-state index contributed by atoms with van der Waals surface area (Å²) in [5.41, 5.74) is -0.842. The highest BCUT2D eigenvalue weighted by atomic mass is 32.2. The van der Waals surface area contributed by atoms with Crippen LogP contribution in [0, 0.1) is 23.5 Å². The normalized spacial score (nSPS) is 18.5. The highest BCUT2D eigenvalue weighted by Crippen LogP contribution is 2.68. The number of nitrogens with zero attached hydrogens (tertiary/aromatic N) is 3. The summed E-state index contributed by atoms with van der Waals surface area (Å²) in [7, 11) is -4.29. The highest BCUT2D eigenvalue weighted by molar-refractivity contribution is 7.94. The predicted molar refractivity (Wildman–Crippen MR) is 176 cm³/mol. The first-order valence-electron chi connectivity index (χ1n) is 16.0. The van der Waals surface area contributed by atoms with Crippen LogP contribution in [0.3, 0.4) is 0 Å². The van der Waals surface area contributed by atoms with Crippen molar-refractivity contribution in [1.82, 2.24) is 24.8 Å². The lowest BCUT2D eigenvalue weighted by Crippen LogP contribution is -2.35. The number of benzene rings is 1. The topological polar surface area (TPSA) is 123 Å². The fraction of sp³-hybridized carbons (Fsp3) is 0.371. The van der Waals surface area contributed by atoms with Gasteiger partial charge in [-0.3, -0.25) is 19.3 Å². The number of alkyl halides is 4. The molecule has 0 bridgehead atoms. The van der Waals surface area contributed by atoms with E-state index in [0.717, 1.165) is 18.2 Å². The summed E-state index contributed by atoms with van der Waals surface area (Å²) in [5, 5.41) is 6.33. The van der Waals surface area contributed by atoms with Crippen molar-refractivity contribution in [3.63, 3.8) is 0 Å². The molecule has 0 saturated heterocycles. The number of aromatic nitrogens is 3. The van der Waals surface area contributed by atoms with Gasteiger partial charge in [0.05, 0.1) is 16.6 Å². The number of allylic oxidation sites excluding steroid dienone is 4. The van der Waals surface area contributed by atoms with E-state index in [1.165, 1.54) is 12.3 Å². The van der Waals surface area contributed by atoms with E-state index in [4.69, 9.17) is 0 Å². The summed E-state index contributed by atoms with van der Waals surface area (Å²) in [6.45, 7) is 7.81. The van der Waals surface area contributed by atoms with Crippen LogP contribution >= 0.6 is 0 Å². The Kier molecular flexibility index (Phi) is 10.7. The molecule has 2 aliphatic rings. The van der Waals surface area contributed by atoms with Crippen LogP contribution in [0.4, 0.5) is 26.3 Å². The lowest BCUT2D eigenvalue weighted by molar-refractivity contribution is -0.123. The van der Waals surface area contributed by atoms with Gasteiger partial charge in [0.15, 0.2) is 0 Å². The molecule has 0 aliphatic heterocycles. The van der Waals surface area contributed by atoms with Gasteiger partial charge < -0.3 is 5.32 Å². The van der Waals surface area contributed by atoms with Gasteiger partial charge in [-0.2, -0.15) is 13.9 Å². The van der Waals surface area contributed by atoms with Gasteiger partial charge in [0.1, 0.15) is 29.6 Å². The van der Waals surface area contributed by atoms with E-state index in [0.29, 0.717) is 21.9 Å². The number of amides is 2. The first-order valence-corrected chi connectivity index (χ1v) is 17.5. The van der Waals surface area contributed by atoms with Crippen molar-refractivity contribution in [3.8, 4) is 0 Å². The molecule has 2 heterocycles. The summed E-state index contributed by atoms with van der Waals surface area (Å²) in [4.78, 5) is 29.6. The highest BCUT2D eigenvalue weighted by Gasteiger charge is 2.67. The van der Waals surface area contributed by atoms with Crippen LogP contribution in [0.2, 0.25) is 0 Å². The minimum atomic E-state index is -4.29. The molecule has 9 nitrogen and oxygen atoms in total. The van der Waals surface area contributed by atoms with Gasteiger partial charge in [-0.15, -0.1) is 0 Å². The molecule has 2 aliphatic carbocycles. The molecule has 0 radical (unpaired) electrons. The van der Waals surface area contributed by atoms with E-state index in [1.54, 1.807) is 39.0 Å². The van der Waals surface area contributed by atoms with Crippen molar-refractivity contribution in [2.75, 3.05) is 0 Å². The third-order valence-corrected chi connectivity index (χ3v) is 9.91. The Bertz CT molecular complexity index is 2020. The molecule has 16 heteroatoms. The molecule has 1 aromatic carbocycles. The van der Waals surface area contributed by atoms with E-state index >= 15 is 8.78 Å². The second kappa shape index (κ2) is 14.5. The van der Waals surface area contributed by atoms with Crippen LogP contribution in [-0.4, -0.2) is 35.0 Å². The average Bonchev–Trinajstić information content (AvgIpc) is 3.68. The van der Waals surface area contributed by atoms with Crippen molar-refractivity contribution in [2.45, 2.75) is 70.9 Å². The number of hydrogen-bond acceptors (Lipinski definition) is 6. The predicted octanol–water partition coefficient (Wildman–Crippen LogP) is 6.77. The van der Waals surface area contributed by atoms with Gasteiger partial charge in [-0.1, -0.05) is 38.6 Å². The van der Waals surface area contributed by atoms with Crippen LogP contribution in [-0.2, 0) is 38.5 Å². The number of sulfonamides is 1. The van der Waals surface area contributed by atoms with Gasteiger partial charge >= 0.3 is 0 Å². The molecular weight excluding hydrogens is 700 g/mol. The molecule has 272 valence electrons. The monoisotopic (exact) mass is 735 g/mol. The van der Waals surface area contributed by atoms with Gasteiger partial charge in [0, 0.05) is 35.7 Å².